The van der Waals surface area contributed by atoms with Crippen LogP contribution in [0.4, 0.5) is 11.4 Å². The molecular weight excluding hydrogens is 188 g/mol. The Kier molecular flexibility index (Phi) is 2.82. The van der Waals surface area contributed by atoms with E-state index in [9.17, 15) is 5.11 Å². The number of anilines is 2. The molecule has 1 aromatic carbocycles. The first-order chi connectivity index (χ1) is 7.16. The molecule has 0 aliphatic carbocycles. The van der Waals surface area contributed by atoms with Crippen LogP contribution in [0, 0.1) is 5.92 Å². The van der Waals surface area contributed by atoms with Crippen LogP contribution in [0.2, 0.25) is 0 Å². The summed E-state index contributed by atoms with van der Waals surface area (Å²) in [6.07, 6.45) is 0.709. The summed E-state index contributed by atoms with van der Waals surface area (Å²) in [6.45, 7) is 3.94. The van der Waals surface area contributed by atoms with Crippen molar-refractivity contribution in [3.63, 3.8) is 0 Å². The molecule has 0 saturated carbocycles. The number of piperidine rings is 1. The van der Waals surface area contributed by atoms with Crippen molar-refractivity contribution in [2.24, 2.45) is 5.92 Å². The van der Waals surface area contributed by atoms with Crippen molar-refractivity contribution in [3.8, 4) is 0 Å². The Morgan fingerprint density at radius 3 is 2.60 bits per heavy atom. The maximum atomic E-state index is 9.64. The Hall–Kier alpha value is -1.22. The summed E-state index contributed by atoms with van der Waals surface area (Å²) in [5, 5.41) is 9.64. The molecule has 0 bridgehead atoms. The van der Waals surface area contributed by atoms with Gasteiger partial charge in [-0.2, -0.15) is 0 Å². The minimum atomic E-state index is -0.143. The maximum Gasteiger partial charge on any atom is 0.0599 e. The lowest BCUT2D eigenvalue weighted by atomic mass is 9.96. The van der Waals surface area contributed by atoms with Crippen LogP contribution < -0.4 is 10.6 Å². The average molecular weight is 206 g/mol. The van der Waals surface area contributed by atoms with Gasteiger partial charge in [0.2, 0.25) is 0 Å². The maximum absolute atomic E-state index is 9.64. The number of nitrogens with zero attached hydrogens (tertiary/aromatic N) is 1. The van der Waals surface area contributed by atoms with E-state index in [4.69, 9.17) is 5.73 Å². The van der Waals surface area contributed by atoms with Gasteiger partial charge < -0.3 is 15.7 Å². The number of rotatable bonds is 1. The molecule has 0 spiro atoms. The largest absolute Gasteiger partial charge is 0.399 e. The summed E-state index contributed by atoms with van der Waals surface area (Å²) in [5.41, 5.74) is 7.64. The van der Waals surface area contributed by atoms with E-state index < -0.39 is 0 Å². The van der Waals surface area contributed by atoms with E-state index in [1.807, 2.05) is 24.3 Å². The fourth-order valence-corrected chi connectivity index (χ4v) is 2.05. The van der Waals surface area contributed by atoms with Gasteiger partial charge in [-0.1, -0.05) is 6.92 Å². The van der Waals surface area contributed by atoms with Gasteiger partial charge in [0, 0.05) is 24.5 Å². The highest BCUT2D eigenvalue weighted by molar-refractivity contribution is 5.53. The van der Waals surface area contributed by atoms with Crippen molar-refractivity contribution in [3.05, 3.63) is 24.3 Å². The van der Waals surface area contributed by atoms with Gasteiger partial charge in [0.25, 0.3) is 0 Å². The molecule has 1 saturated heterocycles. The van der Waals surface area contributed by atoms with Crippen molar-refractivity contribution in [1.29, 1.82) is 0 Å². The third-order valence-corrected chi connectivity index (χ3v) is 3.12. The Bertz CT molecular complexity index is 323. The molecule has 0 aromatic heterocycles. The van der Waals surface area contributed by atoms with Crippen LogP contribution in [0.1, 0.15) is 13.3 Å². The SMILES string of the molecule is C[C@H]1CN(c2ccc(N)cc2)CC[C@@H]1O. The quantitative estimate of drug-likeness (QED) is 0.684. The minimum absolute atomic E-state index is 0.143. The molecule has 0 radical (unpaired) electrons. The second-order valence-electron chi connectivity index (χ2n) is 4.37. The Morgan fingerprint density at radius 1 is 1.33 bits per heavy atom. The predicted molar refractivity (Wildman–Crippen MR) is 62.9 cm³/mol. The molecule has 1 aromatic rings. The number of nitrogen functional groups attached to an aromatic ring is 1. The fourth-order valence-electron chi connectivity index (χ4n) is 2.05. The second-order valence-corrected chi connectivity index (χ2v) is 4.37. The van der Waals surface area contributed by atoms with Gasteiger partial charge in [-0.05, 0) is 36.6 Å². The zero-order valence-corrected chi connectivity index (χ0v) is 9.06. The average Bonchev–Trinajstić information content (AvgIpc) is 2.23. The smallest absolute Gasteiger partial charge is 0.0599 e. The molecule has 82 valence electrons. The summed E-state index contributed by atoms with van der Waals surface area (Å²) in [7, 11) is 0. The topological polar surface area (TPSA) is 49.5 Å². The molecule has 0 amide bonds. The molecule has 2 rings (SSSR count). The zero-order chi connectivity index (χ0) is 10.8. The highest BCUT2D eigenvalue weighted by Crippen LogP contribution is 2.23. The molecule has 3 nitrogen and oxygen atoms in total. The Balaban J connectivity index is 2.08. The lowest BCUT2D eigenvalue weighted by molar-refractivity contribution is 0.0971. The molecule has 15 heavy (non-hydrogen) atoms. The van der Waals surface area contributed by atoms with E-state index in [0.717, 1.165) is 25.2 Å². The third-order valence-electron chi connectivity index (χ3n) is 3.12. The number of hydrogen-bond donors (Lipinski definition) is 2. The van der Waals surface area contributed by atoms with Crippen LogP contribution in [0.15, 0.2) is 24.3 Å². The molecule has 3 heteroatoms. The first kappa shape index (κ1) is 10.3. The fraction of sp³-hybridized carbons (Fsp3) is 0.500. The van der Waals surface area contributed by atoms with E-state index in [0.29, 0.717) is 5.92 Å². The van der Waals surface area contributed by atoms with Crippen molar-refractivity contribution in [2.75, 3.05) is 23.7 Å². The van der Waals surface area contributed by atoms with Crippen molar-refractivity contribution >= 4 is 11.4 Å². The third kappa shape index (κ3) is 2.23. The van der Waals surface area contributed by atoms with Gasteiger partial charge in [-0.3, -0.25) is 0 Å². The van der Waals surface area contributed by atoms with Crippen LogP contribution in [0.3, 0.4) is 0 Å². The van der Waals surface area contributed by atoms with Gasteiger partial charge >= 0.3 is 0 Å². The summed E-state index contributed by atoms with van der Waals surface area (Å²) in [4.78, 5) is 2.30. The van der Waals surface area contributed by atoms with E-state index in [1.165, 1.54) is 5.69 Å². The molecule has 1 aliphatic rings. The normalized spacial score (nSPS) is 26.7. The van der Waals surface area contributed by atoms with Gasteiger partial charge in [-0.25, -0.2) is 0 Å². The lowest BCUT2D eigenvalue weighted by Gasteiger charge is -2.36. The van der Waals surface area contributed by atoms with Crippen LogP contribution in [-0.4, -0.2) is 24.3 Å². The van der Waals surface area contributed by atoms with Crippen molar-refractivity contribution < 1.29 is 5.11 Å². The number of benzene rings is 1. The summed E-state index contributed by atoms with van der Waals surface area (Å²) in [5.74, 6) is 0.344. The number of aliphatic hydroxyl groups is 1. The van der Waals surface area contributed by atoms with E-state index >= 15 is 0 Å². The second kappa shape index (κ2) is 4.11. The van der Waals surface area contributed by atoms with Gasteiger partial charge in [0.05, 0.1) is 6.10 Å². The summed E-state index contributed by atoms with van der Waals surface area (Å²) >= 11 is 0. The molecular formula is C12H18N2O. The monoisotopic (exact) mass is 206 g/mol. The zero-order valence-electron chi connectivity index (χ0n) is 9.06. The highest BCUT2D eigenvalue weighted by Gasteiger charge is 2.23. The van der Waals surface area contributed by atoms with Crippen LogP contribution in [0.25, 0.3) is 0 Å². The van der Waals surface area contributed by atoms with E-state index in [1.54, 1.807) is 0 Å². The van der Waals surface area contributed by atoms with Crippen molar-refractivity contribution in [1.82, 2.24) is 0 Å². The Morgan fingerprint density at radius 2 is 2.00 bits per heavy atom. The summed E-state index contributed by atoms with van der Waals surface area (Å²) < 4.78 is 0. The van der Waals surface area contributed by atoms with Gasteiger partial charge in [0.1, 0.15) is 0 Å². The first-order valence-electron chi connectivity index (χ1n) is 5.45. The predicted octanol–water partition coefficient (Wildman–Crippen LogP) is 1.48. The number of nitrogens with two attached hydrogens (primary N) is 1. The van der Waals surface area contributed by atoms with Gasteiger partial charge in [-0.15, -0.1) is 0 Å². The number of aliphatic hydroxyl groups excluding tert-OH is 1. The van der Waals surface area contributed by atoms with E-state index in [2.05, 4.69) is 11.8 Å². The van der Waals surface area contributed by atoms with Crippen LogP contribution in [0.5, 0.6) is 0 Å². The van der Waals surface area contributed by atoms with Crippen LogP contribution >= 0.6 is 0 Å². The minimum Gasteiger partial charge on any atom is -0.399 e. The van der Waals surface area contributed by atoms with Crippen molar-refractivity contribution in [2.45, 2.75) is 19.4 Å². The highest BCUT2D eigenvalue weighted by atomic mass is 16.3. The molecule has 1 fully saturated rings. The van der Waals surface area contributed by atoms with Gasteiger partial charge in [0.15, 0.2) is 0 Å². The summed E-state index contributed by atoms with van der Waals surface area (Å²) in [6, 6.07) is 7.93. The molecule has 1 aliphatic heterocycles. The Labute approximate surface area is 90.5 Å². The molecule has 1 heterocycles. The number of hydrogen-bond acceptors (Lipinski definition) is 3. The van der Waals surface area contributed by atoms with E-state index in [-0.39, 0.29) is 6.10 Å². The molecule has 2 atom stereocenters. The standard InChI is InChI=1S/C12H18N2O/c1-9-8-14(7-6-12(9)15)11-4-2-10(13)3-5-11/h2-5,9,12,15H,6-8,13H2,1H3/t9-,12-/m0/s1. The molecule has 3 N–H and O–H groups in total. The first-order valence-corrected chi connectivity index (χ1v) is 5.45. The lowest BCUT2D eigenvalue weighted by Crippen LogP contribution is -2.41. The van der Waals surface area contributed by atoms with Crippen LogP contribution in [-0.2, 0) is 0 Å². The molecule has 0 unspecified atom stereocenters.